The molecule has 134 valence electrons. The van der Waals surface area contributed by atoms with Crippen molar-refractivity contribution in [3.8, 4) is 5.69 Å². The smallest absolute Gasteiger partial charge is 0.349 e. The second-order valence-corrected chi connectivity index (χ2v) is 5.68. The van der Waals surface area contributed by atoms with Gasteiger partial charge in [0, 0.05) is 12.6 Å². The molecule has 2 N–H and O–H groups in total. The molecular weight excluding hydrogens is 342 g/mol. The fourth-order valence-electron chi connectivity index (χ4n) is 2.71. The third-order valence-corrected chi connectivity index (χ3v) is 3.88. The van der Waals surface area contributed by atoms with Gasteiger partial charge in [-0.1, -0.05) is 11.3 Å². The number of carbonyl (C=O) groups excluding carboxylic acids is 1. The quantitative estimate of drug-likeness (QED) is 0.820. The van der Waals surface area contributed by atoms with Gasteiger partial charge in [-0.2, -0.15) is 13.2 Å². The maximum atomic E-state index is 13.4. The van der Waals surface area contributed by atoms with Gasteiger partial charge in [0.2, 0.25) is 0 Å². The van der Waals surface area contributed by atoms with Crippen LogP contribution in [0.25, 0.3) is 5.69 Å². The number of halogens is 4. The Morgan fingerprint density at radius 1 is 1.40 bits per heavy atom. The maximum Gasteiger partial charge on any atom is 0.435 e. The minimum atomic E-state index is -4.88. The molecule has 0 bridgehead atoms. The van der Waals surface area contributed by atoms with Crippen molar-refractivity contribution in [1.29, 1.82) is 0 Å². The highest BCUT2D eigenvalue weighted by Crippen LogP contribution is 2.32. The van der Waals surface area contributed by atoms with Crippen LogP contribution < -0.4 is 10.6 Å². The molecule has 1 aromatic heterocycles. The van der Waals surface area contributed by atoms with Gasteiger partial charge < -0.3 is 10.6 Å². The lowest BCUT2D eigenvalue weighted by Crippen LogP contribution is -2.38. The molecule has 1 amide bonds. The van der Waals surface area contributed by atoms with Crippen LogP contribution in [0.2, 0.25) is 0 Å². The lowest BCUT2D eigenvalue weighted by molar-refractivity contribution is -0.143. The fraction of sp³-hybridized carbons (Fsp3) is 0.400. The van der Waals surface area contributed by atoms with E-state index in [1.165, 1.54) is 12.1 Å². The standard InChI is InChI=1S/C15H15F4N5O/c16-9-3-1-5-11(7-9)24-13(15(17,18)19)12(22-23-24)14(25)21-8-10-4-2-6-20-10/h1,3,5,7,10,20H,2,4,6,8H2,(H,21,25). The average molecular weight is 357 g/mol. The minimum absolute atomic E-state index is 0.0246. The van der Waals surface area contributed by atoms with E-state index < -0.39 is 29.3 Å². The summed E-state index contributed by atoms with van der Waals surface area (Å²) in [6.45, 7) is 1.01. The van der Waals surface area contributed by atoms with Crippen LogP contribution in [0.1, 0.15) is 29.0 Å². The second-order valence-electron chi connectivity index (χ2n) is 5.68. The Morgan fingerprint density at radius 2 is 2.20 bits per heavy atom. The van der Waals surface area contributed by atoms with E-state index in [0.29, 0.717) is 4.68 Å². The molecule has 2 heterocycles. The first kappa shape index (κ1) is 17.3. The second kappa shape index (κ2) is 6.79. The Balaban J connectivity index is 1.90. The van der Waals surface area contributed by atoms with Gasteiger partial charge in [-0.05, 0) is 37.6 Å². The van der Waals surface area contributed by atoms with Crippen molar-refractivity contribution in [3.05, 3.63) is 41.5 Å². The predicted molar refractivity (Wildman–Crippen MR) is 79.7 cm³/mol. The van der Waals surface area contributed by atoms with E-state index in [1.54, 1.807) is 0 Å². The van der Waals surface area contributed by atoms with Crippen molar-refractivity contribution in [2.24, 2.45) is 0 Å². The number of amides is 1. The number of benzene rings is 1. The van der Waals surface area contributed by atoms with Crippen LogP contribution in [0.4, 0.5) is 17.6 Å². The van der Waals surface area contributed by atoms with E-state index in [2.05, 4.69) is 20.9 Å². The van der Waals surface area contributed by atoms with Crippen molar-refractivity contribution in [1.82, 2.24) is 25.6 Å². The number of nitrogens with one attached hydrogen (secondary N) is 2. The van der Waals surface area contributed by atoms with Gasteiger partial charge in [0.15, 0.2) is 11.4 Å². The van der Waals surface area contributed by atoms with Crippen LogP contribution in [0.3, 0.4) is 0 Å². The van der Waals surface area contributed by atoms with Crippen LogP contribution in [0.5, 0.6) is 0 Å². The average Bonchev–Trinajstić information content (AvgIpc) is 3.21. The molecule has 1 atom stereocenters. The van der Waals surface area contributed by atoms with E-state index in [0.717, 1.165) is 31.5 Å². The van der Waals surface area contributed by atoms with Crippen molar-refractivity contribution < 1.29 is 22.4 Å². The van der Waals surface area contributed by atoms with E-state index in [-0.39, 0.29) is 18.3 Å². The summed E-state index contributed by atoms with van der Waals surface area (Å²) in [5.74, 6) is -1.69. The van der Waals surface area contributed by atoms with Crippen molar-refractivity contribution in [2.75, 3.05) is 13.1 Å². The summed E-state index contributed by atoms with van der Waals surface area (Å²) in [7, 11) is 0. The molecule has 0 aliphatic carbocycles. The third kappa shape index (κ3) is 3.78. The zero-order chi connectivity index (χ0) is 18.0. The summed E-state index contributed by atoms with van der Waals surface area (Å²) in [6.07, 6.45) is -3.10. The zero-order valence-electron chi connectivity index (χ0n) is 13.0. The molecule has 1 aromatic carbocycles. The normalized spacial score (nSPS) is 17.7. The predicted octanol–water partition coefficient (Wildman–Crippen LogP) is 1.91. The highest BCUT2D eigenvalue weighted by molar-refractivity contribution is 5.93. The van der Waals surface area contributed by atoms with Gasteiger partial charge in [0.1, 0.15) is 5.82 Å². The zero-order valence-corrected chi connectivity index (χ0v) is 13.0. The summed E-state index contributed by atoms with van der Waals surface area (Å²) in [5.41, 5.74) is -2.35. The van der Waals surface area contributed by atoms with Crippen LogP contribution >= 0.6 is 0 Å². The number of nitrogens with zero attached hydrogens (tertiary/aromatic N) is 3. The number of carbonyl (C=O) groups is 1. The minimum Gasteiger partial charge on any atom is -0.349 e. The van der Waals surface area contributed by atoms with E-state index in [1.807, 2.05) is 0 Å². The fourth-order valence-corrected chi connectivity index (χ4v) is 2.71. The van der Waals surface area contributed by atoms with E-state index >= 15 is 0 Å². The Labute approximate surface area is 140 Å². The van der Waals surface area contributed by atoms with Crippen molar-refractivity contribution in [3.63, 3.8) is 0 Å². The van der Waals surface area contributed by atoms with Gasteiger partial charge in [-0.25, -0.2) is 9.07 Å². The molecule has 1 aliphatic rings. The van der Waals surface area contributed by atoms with Crippen LogP contribution in [0, 0.1) is 5.82 Å². The summed E-state index contributed by atoms with van der Waals surface area (Å²) in [4.78, 5) is 12.2. The largest absolute Gasteiger partial charge is 0.435 e. The molecule has 0 saturated carbocycles. The molecular formula is C15H15F4N5O. The molecule has 6 nitrogen and oxygen atoms in total. The molecule has 1 aliphatic heterocycles. The first-order valence-electron chi connectivity index (χ1n) is 7.66. The molecule has 0 radical (unpaired) electrons. The number of hydrogen-bond donors (Lipinski definition) is 2. The Hall–Kier alpha value is -2.49. The summed E-state index contributed by atoms with van der Waals surface area (Å²) in [5, 5.41) is 12.3. The third-order valence-electron chi connectivity index (χ3n) is 3.88. The monoisotopic (exact) mass is 357 g/mol. The number of aromatic nitrogens is 3. The first-order chi connectivity index (χ1) is 11.9. The molecule has 1 fully saturated rings. The lowest BCUT2D eigenvalue weighted by atomic mass is 10.2. The Morgan fingerprint density at radius 3 is 2.84 bits per heavy atom. The molecule has 2 aromatic rings. The van der Waals surface area contributed by atoms with Gasteiger partial charge in [-0.3, -0.25) is 4.79 Å². The Bertz CT molecular complexity index is 768. The molecule has 10 heteroatoms. The summed E-state index contributed by atoms with van der Waals surface area (Å²) < 4.78 is 54.1. The summed E-state index contributed by atoms with van der Waals surface area (Å²) in [6, 6.07) is 4.50. The number of rotatable bonds is 4. The highest BCUT2D eigenvalue weighted by Gasteiger charge is 2.42. The molecule has 3 rings (SSSR count). The molecule has 1 unspecified atom stereocenters. The van der Waals surface area contributed by atoms with Gasteiger partial charge in [0.25, 0.3) is 5.91 Å². The van der Waals surface area contributed by atoms with Crippen molar-refractivity contribution in [2.45, 2.75) is 25.1 Å². The SMILES string of the molecule is O=C(NCC1CCCN1)c1nnn(-c2cccc(F)c2)c1C(F)(F)F. The van der Waals surface area contributed by atoms with Crippen LogP contribution in [-0.4, -0.2) is 40.0 Å². The van der Waals surface area contributed by atoms with Gasteiger partial charge in [-0.15, -0.1) is 5.10 Å². The topological polar surface area (TPSA) is 71.8 Å². The van der Waals surface area contributed by atoms with Gasteiger partial charge in [0.05, 0.1) is 5.69 Å². The van der Waals surface area contributed by atoms with E-state index in [4.69, 9.17) is 0 Å². The molecule has 25 heavy (non-hydrogen) atoms. The van der Waals surface area contributed by atoms with Gasteiger partial charge >= 0.3 is 6.18 Å². The summed E-state index contributed by atoms with van der Waals surface area (Å²) >= 11 is 0. The van der Waals surface area contributed by atoms with Crippen molar-refractivity contribution >= 4 is 5.91 Å². The van der Waals surface area contributed by atoms with E-state index in [9.17, 15) is 22.4 Å². The number of alkyl halides is 3. The molecule has 0 spiro atoms. The molecule has 1 saturated heterocycles. The highest BCUT2D eigenvalue weighted by atomic mass is 19.4. The van der Waals surface area contributed by atoms with Crippen LogP contribution in [0.15, 0.2) is 24.3 Å². The Kier molecular flexibility index (Phi) is 4.71. The maximum absolute atomic E-state index is 13.4. The van der Waals surface area contributed by atoms with Crippen LogP contribution in [-0.2, 0) is 6.18 Å². The lowest BCUT2D eigenvalue weighted by Gasteiger charge is -2.13. The number of hydrogen-bond acceptors (Lipinski definition) is 4. The first-order valence-corrected chi connectivity index (χ1v) is 7.66.